The van der Waals surface area contributed by atoms with Gasteiger partial charge in [-0.25, -0.2) is 0 Å². The largest absolute Gasteiger partial charge is 0.467 e. The Morgan fingerprint density at radius 3 is 2.17 bits per heavy atom. The molecule has 0 bridgehead atoms. The van der Waals surface area contributed by atoms with E-state index in [2.05, 4.69) is 58.2 Å². The van der Waals surface area contributed by atoms with Crippen LogP contribution in [-0.4, -0.2) is 18.3 Å². The Hall–Kier alpha value is -1.09. The second kappa shape index (κ2) is 14.5. The summed E-state index contributed by atoms with van der Waals surface area (Å²) >= 11 is 5.12. The summed E-state index contributed by atoms with van der Waals surface area (Å²) in [5, 5.41) is 3.62. The monoisotopic (exact) mass is 337 g/mol. The molecule has 1 N–H and O–H groups in total. The Labute approximate surface area is 149 Å². The molecule has 0 heterocycles. The van der Waals surface area contributed by atoms with E-state index in [0.717, 1.165) is 45.1 Å². The highest BCUT2D eigenvalue weighted by molar-refractivity contribution is 7.80. The minimum atomic E-state index is 0.512. The molecule has 0 saturated heterocycles. The molecule has 0 spiro atoms. The van der Waals surface area contributed by atoms with Crippen LogP contribution in [0.4, 0.5) is 0 Å². The molecule has 0 unspecified atom stereocenters. The number of thiocarbonyl (C=S) groups is 1. The van der Waals surface area contributed by atoms with Gasteiger partial charge in [-0.05, 0) is 78.1 Å². The molecule has 0 saturated carbocycles. The zero-order valence-electron chi connectivity index (χ0n) is 15.7. The molecule has 0 amide bonds. The zero-order chi connectivity index (χ0) is 17.5. The SMILES string of the molecule is CCCCNC(=S)OCC=C(C)CCC=C(C)CCC=C(C)C. The van der Waals surface area contributed by atoms with E-state index in [0.29, 0.717) is 11.8 Å². The van der Waals surface area contributed by atoms with Crippen molar-refractivity contribution in [3.8, 4) is 0 Å². The van der Waals surface area contributed by atoms with E-state index >= 15 is 0 Å². The Bertz CT molecular complexity index is 417. The number of hydrogen-bond acceptors (Lipinski definition) is 2. The van der Waals surface area contributed by atoms with Crippen LogP contribution in [0.3, 0.4) is 0 Å². The Morgan fingerprint density at radius 1 is 0.957 bits per heavy atom. The predicted molar refractivity (Wildman–Crippen MR) is 107 cm³/mol. The molecule has 0 rings (SSSR count). The maximum Gasteiger partial charge on any atom is 0.256 e. The van der Waals surface area contributed by atoms with Gasteiger partial charge >= 0.3 is 0 Å². The molecular formula is C20H35NOS. The molecule has 0 atom stereocenters. The summed E-state index contributed by atoms with van der Waals surface area (Å²) in [6, 6.07) is 0. The van der Waals surface area contributed by atoms with Crippen molar-refractivity contribution in [2.45, 2.75) is 73.1 Å². The molecular weight excluding hydrogens is 302 g/mol. The first kappa shape index (κ1) is 21.9. The third kappa shape index (κ3) is 15.6. The van der Waals surface area contributed by atoms with E-state index in [4.69, 9.17) is 17.0 Å². The third-order valence-corrected chi connectivity index (χ3v) is 3.83. The van der Waals surface area contributed by atoms with Crippen molar-refractivity contribution < 1.29 is 4.74 Å². The lowest BCUT2D eigenvalue weighted by atomic mass is 10.1. The summed E-state index contributed by atoms with van der Waals surface area (Å²) in [5.41, 5.74) is 4.24. The van der Waals surface area contributed by atoms with Gasteiger partial charge in [0.15, 0.2) is 0 Å². The molecule has 0 aromatic rings. The molecule has 3 heteroatoms. The fraction of sp³-hybridized carbons (Fsp3) is 0.650. The van der Waals surface area contributed by atoms with Crippen LogP contribution in [0.2, 0.25) is 0 Å². The van der Waals surface area contributed by atoms with Gasteiger partial charge < -0.3 is 10.1 Å². The molecule has 23 heavy (non-hydrogen) atoms. The van der Waals surface area contributed by atoms with Crippen LogP contribution >= 0.6 is 12.2 Å². The lowest BCUT2D eigenvalue weighted by Gasteiger charge is -2.08. The van der Waals surface area contributed by atoms with Gasteiger partial charge in [0.2, 0.25) is 0 Å². The summed E-state index contributed by atoms with van der Waals surface area (Å²) < 4.78 is 5.48. The van der Waals surface area contributed by atoms with Gasteiger partial charge in [-0.1, -0.05) is 42.2 Å². The molecule has 2 nitrogen and oxygen atoms in total. The van der Waals surface area contributed by atoms with Crippen molar-refractivity contribution in [2.75, 3.05) is 13.2 Å². The van der Waals surface area contributed by atoms with Crippen LogP contribution in [0.15, 0.2) is 34.9 Å². The highest BCUT2D eigenvalue weighted by Gasteiger charge is 1.95. The van der Waals surface area contributed by atoms with Gasteiger partial charge in [0, 0.05) is 6.54 Å². The van der Waals surface area contributed by atoms with E-state index in [9.17, 15) is 0 Å². The molecule has 132 valence electrons. The Balaban J connectivity index is 3.85. The first-order valence-corrected chi connectivity index (χ1v) is 9.21. The van der Waals surface area contributed by atoms with Gasteiger partial charge in [-0.15, -0.1) is 0 Å². The van der Waals surface area contributed by atoms with Crippen molar-refractivity contribution in [3.05, 3.63) is 34.9 Å². The topological polar surface area (TPSA) is 21.3 Å². The number of unbranched alkanes of at least 4 members (excludes halogenated alkanes) is 1. The molecule has 0 aromatic heterocycles. The minimum absolute atomic E-state index is 0.512. The predicted octanol–water partition coefficient (Wildman–Crippen LogP) is 6.10. The standard InChI is InChI=1S/C20H35NOS/c1-6-7-15-21-20(23)22-16-14-19(5)13-9-12-18(4)11-8-10-17(2)3/h10,12,14H,6-9,11,13,15-16H2,1-5H3,(H,21,23). The number of ether oxygens (including phenoxy) is 1. The van der Waals surface area contributed by atoms with Crippen molar-refractivity contribution in [1.82, 2.24) is 5.32 Å². The van der Waals surface area contributed by atoms with Crippen molar-refractivity contribution >= 4 is 17.4 Å². The first-order chi connectivity index (χ1) is 11.0. The van der Waals surface area contributed by atoms with Crippen LogP contribution in [-0.2, 0) is 4.74 Å². The average Bonchev–Trinajstić information content (AvgIpc) is 2.47. The zero-order valence-corrected chi connectivity index (χ0v) is 16.5. The summed E-state index contributed by atoms with van der Waals surface area (Å²) in [6.45, 7) is 12.3. The highest BCUT2D eigenvalue weighted by Crippen LogP contribution is 2.11. The van der Waals surface area contributed by atoms with E-state index in [-0.39, 0.29) is 0 Å². The summed E-state index contributed by atoms with van der Waals surface area (Å²) in [5.74, 6) is 0. The van der Waals surface area contributed by atoms with Crippen LogP contribution in [0.1, 0.15) is 73.1 Å². The lowest BCUT2D eigenvalue weighted by Crippen LogP contribution is -2.24. The Morgan fingerprint density at radius 2 is 1.57 bits per heavy atom. The van der Waals surface area contributed by atoms with Crippen LogP contribution in [0.25, 0.3) is 0 Å². The Kier molecular flexibility index (Phi) is 13.8. The molecule has 0 aliphatic heterocycles. The average molecular weight is 338 g/mol. The number of hydrogen-bond donors (Lipinski definition) is 1. The number of allylic oxidation sites excluding steroid dienone is 5. The third-order valence-electron chi connectivity index (χ3n) is 3.57. The number of nitrogens with one attached hydrogen (secondary N) is 1. The van der Waals surface area contributed by atoms with Gasteiger partial charge in [-0.2, -0.15) is 0 Å². The summed E-state index contributed by atoms with van der Waals surface area (Å²) in [4.78, 5) is 0. The maximum absolute atomic E-state index is 5.48. The maximum atomic E-state index is 5.48. The van der Waals surface area contributed by atoms with E-state index in [1.54, 1.807) is 0 Å². The van der Waals surface area contributed by atoms with E-state index in [1.807, 2.05) is 0 Å². The summed E-state index contributed by atoms with van der Waals surface area (Å²) in [6.07, 6.45) is 13.6. The summed E-state index contributed by atoms with van der Waals surface area (Å²) in [7, 11) is 0. The molecule has 0 fully saturated rings. The normalized spacial score (nSPS) is 12.0. The quantitative estimate of drug-likeness (QED) is 0.280. The van der Waals surface area contributed by atoms with Crippen molar-refractivity contribution in [3.63, 3.8) is 0 Å². The van der Waals surface area contributed by atoms with Gasteiger partial charge in [0.1, 0.15) is 6.61 Å². The van der Waals surface area contributed by atoms with E-state index < -0.39 is 0 Å². The molecule has 0 aliphatic rings. The van der Waals surface area contributed by atoms with Crippen LogP contribution in [0.5, 0.6) is 0 Å². The number of rotatable bonds is 11. The van der Waals surface area contributed by atoms with Gasteiger partial charge in [-0.3, -0.25) is 0 Å². The van der Waals surface area contributed by atoms with Crippen molar-refractivity contribution in [2.24, 2.45) is 0 Å². The molecule has 0 aliphatic carbocycles. The second-order valence-corrected chi connectivity index (χ2v) is 6.71. The smallest absolute Gasteiger partial charge is 0.256 e. The van der Waals surface area contributed by atoms with Crippen LogP contribution in [0, 0.1) is 0 Å². The minimum Gasteiger partial charge on any atom is -0.467 e. The second-order valence-electron chi connectivity index (χ2n) is 6.34. The fourth-order valence-corrected chi connectivity index (χ4v) is 2.19. The van der Waals surface area contributed by atoms with E-state index in [1.165, 1.54) is 16.7 Å². The fourth-order valence-electron chi connectivity index (χ4n) is 2.02. The van der Waals surface area contributed by atoms with Crippen molar-refractivity contribution in [1.29, 1.82) is 0 Å². The van der Waals surface area contributed by atoms with Gasteiger partial charge in [0.25, 0.3) is 5.17 Å². The van der Waals surface area contributed by atoms with Crippen LogP contribution < -0.4 is 5.32 Å². The first-order valence-electron chi connectivity index (χ1n) is 8.81. The molecule has 0 radical (unpaired) electrons. The lowest BCUT2D eigenvalue weighted by molar-refractivity contribution is 0.341. The van der Waals surface area contributed by atoms with Gasteiger partial charge in [0.05, 0.1) is 0 Å². The highest BCUT2D eigenvalue weighted by atomic mass is 32.1. The molecule has 0 aromatic carbocycles.